The monoisotopic (exact) mass is 470 g/mol. The molecule has 1 atom stereocenters. The van der Waals surface area contributed by atoms with Gasteiger partial charge in [-0.3, -0.25) is 14.5 Å². The standard InChI is InChI=1S/C29H34N4O2/c1-4-31(3)25-9-6-21(7-10-25)18-32-15-13-22(14-16-32)23-8-11-26-24(17-23)19-33(29(26)35)27-12-5-20(2)30-28(27)34/h4,6-11,17,22,27H,1-2,5,12-16,18-19H2,3H3,(H,30,34). The molecule has 182 valence electrons. The van der Waals surface area contributed by atoms with Crippen molar-refractivity contribution in [3.8, 4) is 0 Å². The first-order chi connectivity index (χ1) is 16.9. The van der Waals surface area contributed by atoms with Crippen LogP contribution < -0.4 is 10.2 Å². The van der Waals surface area contributed by atoms with Gasteiger partial charge in [-0.05, 0) is 85.8 Å². The third-order valence-electron chi connectivity index (χ3n) is 7.74. The van der Waals surface area contributed by atoms with Crippen molar-refractivity contribution in [1.29, 1.82) is 0 Å². The minimum absolute atomic E-state index is 0.0284. The molecule has 1 unspecified atom stereocenters. The van der Waals surface area contributed by atoms with E-state index in [1.165, 1.54) is 11.1 Å². The van der Waals surface area contributed by atoms with E-state index in [9.17, 15) is 9.59 Å². The van der Waals surface area contributed by atoms with Gasteiger partial charge in [0.1, 0.15) is 6.04 Å². The maximum Gasteiger partial charge on any atom is 0.255 e. The van der Waals surface area contributed by atoms with Gasteiger partial charge in [0.2, 0.25) is 5.91 Å². The lowest BCUT2D eigenvalue weighted by atomic mass is 9.87. The second-order valence-corrected chi connectivity index (χ2v) is 10.0. The minimum Gasteiger partial charge on any atom is -0.352 e. The van der Waals surface area contributed by atoms with Gasteiger partial charge in [-0.1, -0.05) is 37.4 Å². The summed E-state index contributed by atoms with van der Waals surface area (Å²) < 4.78 is 0. The molecule has 2 aromatic carbocycles. The number of piperidine rings is 2. The molecular weight excluding hydrogens is 436 g/mol. The summed E-state index contributed by atoms with van der Waals surface area (Å²) in [6, 6.07) is 14.6. The molecule has 0 saturated carbocycles. The first-order valence-corrected chi connectivity index (χ1v) is 12.5. The number of allylic oxidation sites excluding steroid dienone is 1. The van der Waals surface area contributed by atoms with E-state index in [2.05, 4.69) is 59.8 Å². The molecule has 2 amide bonds. The van der Waals surface area contributed by atoms with E-state index < -0.39 is 6.04 Å². The number of rotatable bonds is 6. The van der Waals surface area contributed by atoms with Crippen LogP contribution in [-0.2, 0) is 17.9 Å². The van der Waals surface area contributed by atoms with Crippen molar-refractivity contribution in [2.75, 3.05) is 25.0 Å². The van der Waals surface area contributed by atoms with Crippen molar-refractivity contribution < 1.29 is 9.59 Å². The van der Waals surface area contributed by atoms with Crippen LogP contribution >= 0.6 is 0 Å². The number of carbonyl (C=O) groups excluding carboxylic acids is 2. The number of hydrogen-bond acceptors (Lipinski definition) is 4. The van der Waals surface area contributed by atoms with Crippen LogP contribution in [0.4, 0.5) is 5.69 Å². The predicted molar refractivity (Wildman–Crippen MR) is 139 cm³/mol. The van der Waals surface area contributed by atoms with Crippen LogP contribution in [0.25, 0.3) is 0 Å². The fraction of sp³-hybridized carbons (Fsp3) is 0.379. The zero-order valence-electron chi connectivity index (χ0n) is 20.5. The Bertz CT molecular complexity index is 1150. The van der Waals surface area contributed by atoms with E-state index in [1.807, 2.05) is 24.2 Å². The number of anilines is 1. The number of likely N-dealkylation sites (tertiary alicyclic amines) is 1. The molecule has 2 aromatic rings. The number of fused-ring (bicyclic) bond motifs is 1. The fourth-order valence-corrected chi connectivity index (χ4v) is 5.55. The van der Waals surface area contributed by atoms with Crippen molar-refractivity contribution >= 4 is 17.5 Å². The molecule has 1 N–H and O–H groups in total. The number of carbonyl (C=O) groups is 2. The highest BCUT2D eigenvalue weighted by Crippen LogP contribution is 2.34. The molecule has 3 aliphatic rings. The van der Waals surface area contributed by atoms with E-state index in [-0.39, 0.29) is 11.8 Å². The largest absolute Gasteiger partial charge is 0.352 e. The molecule has 5 rings (SSSR count). The summed E-state index contributed by atoms with van der Waals surface area (Å²) >= 11 is 0. The molecule has 0 spiro atoms. The third-order valence-corrected chi connectivity index (χ3v) is 7.74. The van der Waals surface area contributed by atoms with Crippen LogP contribution in [0.2, 0.25) is 0 Å². The van der Waals surface area contributed by atoms with Crippen molar-refractivity contribution in [3.63, 3.8) is 0 Å². The molecule has 0 aromatic heterocycles. The summed E-state index contributed by atoms with van der Waals surface area (Å²) in [5, 5.41) is 2.81. The van der Waals surface area contributed by atoms with Gasteiger partial charge in [0, 0.05) is 37.1 Å². The topological polar surface area (TPSA) is 55.9 Å². The second kappa shape index (κ2) is 9.70. The Labute approximate surface area is 207 Å². The number of benzene rings is 2. The summed E-state index contributed by atoms with van der Waals surface area (Å²) in [6.07, 6.45) is 5.40. The van der Waals surface area contributed by atoms with Crippen LogP contribution in [0.5, 0.6) is 0 Å². The highest BCUT2D eigenvalue weighted by atomic mass is 16.2. The molecular formula is C29H34N4O2. The van der Waals surface area contributed by atoms with Crippen molar-refractivity contribution in [2.45, 2.75) is 50.7 Å². The van der Waals surface area contributed by atoms with Crippen LogP contribution in [0.3, 0.4) is 0 Å². The van der Waals surface area contributed by atoms with E-state index in [1.54, 1.807) is 4.90 Å². The van der Waals surface area contributed by atoms with Gasteiger partial charge in [0.15, 0.2) is 0 Å². The number of nitrogens with zero attached hydrogens (tertiary/aromatic N) is 3. The lowest BCUT2D eigenvalue weighted by Crippen LogP contribution is -2.49. The Kier molecular flexibility index (Phi) is 6.48. The lowest BCUT2D eigenvalue weighted by molar-refractivity contribution is -0.126. The maximum atomic E-state index is 13.0. The molecule has 2 saturated heterocycles. The third kappa shape index (κ3) is 4.76. The molecule has 6 heteroatoms. The number of hydrogen-bond donors (Lipinski definition) is 1. The SMILES string of the molecule is C=CN(C)c1ccc(CN2CCC(c3ccc4c(c3)CN(C3CCC(=C)NC3=O)C4=O)CC2)cc1. The van der Waals surface area contributed by atoms with Crippen molar-refractivity contribution in [1.82, 2.24) is 15.1 Å². The second-order valence-electron chi connectivity index (χ2n) is 10.0. The summed E-state index contributed by atoms with van der Waals surface area (Å²) in [4.78, 5) is 31.7. The van der Waals surface area contributed by atoms with Gasteiger partial charge >= 0.3 is 0 Å². The van der Waals surface area contributed by atoms with Gasteiger partial charge < -0.3 is 15.1 Å². The molecule has 2 fully saturated rings. The predicted octanol–water partition coefficient (Wildman–Crippen LogP) is 4.39. The molecule has 3 aliphatic heterocycles. The molecule has 0 aliphatic carbocycles. The molecule has 6 nitrogen and oxygen atoms in total. The molecule has 3 heterocycles. The van der Waals surface area contributed by atoms with E-state index >= 15 is 0 Å². The fourth-order valence-electron chi connectivity index (χ4n) is 5.55. The first kappa shape index (κ1) is 23.4. The van der Waals surface area contributed by atoms with E-state index in [0.29, 0.717) is 18.9 Å². The van der Waals surface area contributed by atoms with Crippen LogP contribution in [-0.4, -0.2) is 47.8 Å². The number of amides is 2. The van der Waals surface area contributed by atoms with Crippen molar-refractivity contribution in [2.24, 2.45) is 0 Å². The average molecular weight is 471 g/mol. The average Bonchev–Trinajstić information content (AvgIpc) is 3.20. The smallest absolute Gasteiger partial charge is 0.255 e. The summed E-state index contributed by atoms with van der Waals surface area (Å²) in [7, 11) is 2.00. The highest BCUT2D eigenvalue weighted by Gasteiger charge is 2.38. The first-order valence-electron chi connectivity index (χ1n) is 12.5. The normalized spacial score (nSPS) is 21.1. The van der Waals surface area contributed by atoms with E-state index in [4.69, 9.17) is 0 Å². The Balaban J connectivity index is 1.19. The van der Waals surface area contributed by atoms with Crippen LogP contribution in [0.1, 0.15) is 58.6 Å². The quantitative estimate of drug-likeness (QED) is 0.680. The summed E-state index contributed by atoms with van der Waals surface area (Å²) in [5.41, 5.74) is 6.32. The van der Waals surface area contributed by atoms with Gasteiger partial charge in [0.25, 0.3) is 5.91 Å². The Morgan fingerprint density at radius 1 is 1.09 bits per heavy atom. The van der Waals surface area contributed by atoms with E-state index in [0.717, 1.165) is 61.4 Å². The Hall–Kier alpha value is -3.38. The maximum absolute atomic E-state index is 13.0. The van der Waals surface area contributed by atoms with Gasteiger partial charge in [0.05, 0.1) is 0 Å². The summed E-state index contributed by atoms with van der Waals surface area (Å²) in [5.74, 6) is 0.363. The Morgan fingerprint density at radius 3 is 2.51 bits per heavy atom. The van der Waals surface area contributed by atoms with Crippen LogP contribution in [0.15, 0.2) is 67.5 Å². The number of nitrogens with one attached hydrogen (secondary N) is 1. The lowest BCUT2D eigenvalue weighted by Gasteiger charge is -2.32. The minimum atomic E-state index is -0.404. The Morgan fingerprint density at radius 2 is 1.83 bits per heavy atom. The summed E-state index contributed by atoms with van der Waals surface area (Å²) in [6.45, 7) is 11.3. The zero-order chi connectivity index (χ0) is 24.5. The van der Waals surface area contributed by atoms with Crippen molar-refractivity contribution in [3.05, 3.63) is 89.8 Å². The molecule has 0 radical (unpaired) electrons. The zero-order valence-corrected chi connectivity index (χ0v) is 20.5. The van der Waals surface area contributed by atoms with Crippen LogP contribution in [0, 0.1) is 0 Å². The molecule has 0 bridgehead atoms. The van der Waals surface area contributed by atoms with Gasteiger partial charge in [-0.15, -0.1) is 0 Å². The van der Waals surface area contributed by atoms with Gasteiger partial charge in [-0.25, -0.2) is 0 Å². The highest BCUT2D eigenvalue weighted by molar-refractivity contribution is 6.01. The van der Waals surface area contributed by atoms with Gasteiger partial charge in [-0.2, -0.15) is 0 Å². The molecule has 35 heavy (non-hydrogen) atoms.